The number of hydrogen-bond donors (Lipinski definition) is 1. The number of hydrogen-bond acceptors (Lipinski definition) is 1. The van der Waals surface area contributed by atoms with Gasteiger partial charge in [0.05, 0.1) is 0 Å². The number of rotatable bonds is 8. The van der Waals surface area contributed by atoms with Crippen LogP contribution >= 0.6 is 0 Å². The lowest BCUT2D eigenvalue weighted by Crippen LogP contribution is -2.21. The summed E-state index contributed by atoms with van der Waals surface area (Å²) in [5, 5.41) is 3.39. The molecule has 0 spiro atoms. The molecule has 21 heavy (non-hydrogen) atoms. The van der Waals surface area contributed by atoms with E-state index in [9.17, 15) is 4.39 Å². The molecule has 2 aromatic carbocycles. The lowest BCUT2D eigenvalue weighted by Gasteiger charge is -2.18. The van der Waals surface area contributed by atoms with E-state index in [0.29, 0.717) is 5.92 Å². The second-order valence-electron chi connectivity index (χ2n) is 5.44. The van der Waals surface area contributed by atoms with Gasteiger partial charge in [-0.3, -0.25) is 0 Å². The molecule has 1 atom stereocenters. The molecule has 0 amide bonds. The average Bonchev–Trinajstić information content (AvgIpc) is 2.51. The van der Waals surface area contributed by atoms with Crippen LogP contribution in [0.25, 0.3) is 0 Å². The van der Waals surface area contributed by atoms with E-state index in [0.717, 1.165) is 37.9 Å². The summed E-state index contributed by atoms with van der Waals surface area (Å²) in [4.78, 5) is 0. The van der Waals surface area contributed by atoms with Crippen LogP contribution < -0.4 is 5.32 Å². The monoisotopic (exact) mass is 285 g/mol. The molecule has 0 aliphatic rings. The Kier molecular flexibility index (Phi) is 6.42. The van der Waals surface area contributed by atoms with Crippen molar-refractivity contribution < 1.29 is 4.39 Å². The largest absolute Gasteiger partial charge is 0.316 e. The van der Waals surface area contributed by atoms with Crippen molar-refractivity contribution in [3.8, 4) is 0 Å². The molecule has 1 unspecified atom stereocenters. The molecule has 0 aliphatic heterocycles. The van der Waals surface area contributed by atoms with Crippen LogP contribution in [0.4, 0.5) is 4.39 Å². The topological polar surface area (TPSA) is 12.0 Å². The van der Waals surface area contributed by atoms with Gasteiger partial charge in [-0.15, -0.1) is 0 Å². The van der Waals surface area contributed by atoms with E-state index >= 15 is 0 Å². The van der Waals surface area contributed by atoms with Crippen molar-refractivity contribution in [2.24, 2.45) is 0 Å². The lowest BCUT2D eigenvalue weighted by atomic mass is 9.92. The minimum absolute atomic E-state index is 0.142. The van der Waals surface area contributed by atoms with E-state index in [1.165, 1.54) is 11.6 Å². The van der Waals surface area contributed by atoms with Crippen LogP contribution in [0.15, 0.2) is 54.6 Å². The summed E-state index contributed by atoms with van der Waals surface area (Å²) in [6.07, 6.45) is 3.28. The van der Waals surface area contributed by atoms with Gasteiger partial charge in [0.1, 0.15) is 5.82 Å². The van der Waals surface area contributed by atoms with Crippen molar-refractivity contribution in [2.45, 2.75) is 32.1 Å². The zero-order valence-corrected chi connectivity index (χ0v) is 12.7. The maximum atomic E-state index is 13.4. The van der Waals surface area contributed by atoms with Crippen LogP contribution in [-0.4, -0.2) is 13.1 Å². The normalized spacial score (nSPS) is 12.3. The van der Waals surface area contributed by atoms with Crippen LogP contribution in [0.1, 0.15) is 36.8 Å². The molecule has 0 aromatic heterocycles. The smallest absolute Gasteiger partial charge is 0.123 e. The van der Waals surface area contributed by atoms with E-state index in [1.807, 2.05) is 12.1 Å². The SMILES string of the molecule is CCNCC(CCCc1ccccc1)c1cccc(F)c1. The van der Waals surface area contributed by atoms with E-state index in [2.05, 4.69) is 36.5 Å². The van der Waals surface area contributed by atoms with Gasteiger partial charge in [0.15, 0.2) is 0 Å². The van der Waals surface area contributed by atoms with Gasteiger partial charge in [-0.1, -0.05) is 49.4 Å². The molecule has 0 fully saturated rings. The Morgan fingerprint density at radius 1 is 1.05 bits per heavy atom. The van der Waals surface area contributed by atoms with Gasteiger partial charge in [-0.2, -0.15) is 0 Å². The van der Waals surface area contributed by atoms with Crippen LogP contribution in [0.3, 0.4) is 0 Å². The number of benzene rings is 2. The molecular formula is C19H24FN. The fraction of sp³-hybridized carbons (Fsp3) is 0.368. The lowest BCUT2D eigenvalue weighted by molar-refractivity contribution is 0.537. The Bertz CT molecular complexity index is 524. The Labute approximate surface area is 127 Å². The first kappa shape index (κ1) is 15.7. The summed E-state index contributed by atoms with van der Waals surface area (Å²) in [5.41, 5.74) is 2.47. The highest BCUT2D eigenvalue weighted by atomic mass is 19.1. The van der Waals surface area contributed by atoms with Crippen molar-refractivity contribution in [2.75, 3.05) is 13.1 Å². The third kappa shape index (κ3) is 5.31. The Morgan fingerprint density at radius 2 is 1.86 bits per heavy atom. The zero-order valence-electron chi connectivity index (χ0n) is 12.7. The molecule has 0 aliphatic carbocycles. The summed E-state index contributed by atoms with van der Waals surface area (Å²) < 4.78 is 13.4. The highest BCUT2D eigenvalue weighted by Crippen LogP contribution is 2.22. The number of likely N-dealkylation sites (N-methyl/N-ethyl adjacent to an activating group) is 1. The second kappa shape index (κ2) is 8.58. The number of nitrogens with one attached hydrogen (secondary N) is 1. The van der Waals surface area contributed by atoms with E-state index in [4.69, 9.17) is 0 Å². The van der Waals surface area contributed by atoms with Crippen LogP contribution in [0, 0.1) is 5.82 Å². The number of halogens is 1. The Balaban J connectivity index is 1.93. The summed E-state index contributed by atoms with van der Waals surface area (Å²) >= 11 is 0. The predicted octanol–water partition coefficient (Wildman–Crippen LogP) is 4.54. The quantitative estimate of drug-likeness (QED) is 0.750. The van der Waals surface area contributed by atoms with Crippen molar-refractivity contribution in [1.82, 2.24) is 5.32 Å². The molecule has 2 heteroatoms. The van der Waals surface area contributed by atoms with Gasteiger partial charge in [0.2, 0.25) is 0 Å². The van der Waals surface area contributed by atoms with Gasteiger partial charge in [0.25, 0.3) is 0 Å². The predicted molar refractivity (Wildman–Crippen MR) is 87.1 cm³/mol. The fourth-order valence-corrected chi connectivity index (χ4v) is 2.66. The zero-order chi connectivity index (χ0) is 14.9. The molecule has 0 bridgehead atoms. The molecule has 2 rings (SSSR count). The summed E-state index contributed by atoms with van der Waals surface area (Å²) in [6.45, 7) is 3.96. The van der Waals surface area contributed by atoms with Crippen molar-refractivity contribution in [1.29, 1.82) is 0 Å². The van der Waals surface area contributed by atoms with Crippen LogP contribution in [-0.2, 0) is 6.42 Å². The highest BCUT2D eigenvalue weighted by Gasteiger charge is 2.11. The van der Waals surface area contributed by atoms with Gasteiger partial charge < -0.3 is 5.32 Å². The van der Waals surface area contributed by atoms with Crippen molar-refractivity contribution in [3.63, 3.8) is 0 Å². The first-order valence-corrected chi connectivity index (χ1v) is 7.79. The average molecular weight is 285 g/mol. The molecule has 0 radical (unpaired) electrons. The third-order valence-electron chi connectivity index (χ3n) is 3.82. The molecule has 1 nitrogen and oxygen atoms in total. The first-order valence-electron chi connectivity index (χ1n) is 7.79. The number of aryl methyl sites for hydroxylation is 1. The van der Waals surface area contributed by atoms with E-state index in [1.54, 1.807) is 12.1 Å². The van der Waals surface area contributed by atoms with Crippen molar-refractivity contribution >= 4 is 0 Å². The van der Waals surface area contributed by atoms with E-state index in [-0.39, 0.29) is 5.82 Å². The summed E-state index contributed by atoms with van der Waals surface area (Å²) in [7, 11) is 0. The summed E-state index contributed by atoms with van der Waals surface area (Å²) in [6, 6.07) is 17.6. The molecule has 112 valence electrons. The second-order valence-corrected chi connectivity index (χ2v) is 5.44. The van der Waals surface area contributed by atoms with E-state index < -0.39 is 0 Å². The Hall–Kier alpha value is -1.67. The highest BCUT2D eigenvalue weighted by molar-refractivity contribution is 5.21. The van der Waals surface area contributed by atoms with Crippen LogP contribution in [0.5, 0.6) is 0 Å². The minimum atomic E-state index is -0.142. The fourth-order valence-electron chi connectivity index (χ4n) is 2.66. The summed E-state index contributed by atoms with van der Waals surface area (Å²) in [5.74, 6) is 0.237. The van der Waals surface area contributed by atoms with Crippen molar-refractivity contribution in [3.05, 3.63) is 71.5 Å². The molecule has 0 saturated carbocycles. The standard InChI is InChI=1S/C19H24FN/c1-2-21-15-18(17-11-7-13-19(20)14-17)12-6-10-16-8-4-3-5-9-16/h3-5,7-9,11,13-14,18,21H,2,6,10,12,15H2,1H3. The molecule has 2 aromatic rings. The maximum absolute atomic E-state index is 13.4. The van der Waals surface area contributed by atoms with Gasteiger partial charge in [-0.05, 0) is 55.0 Å². The molecular weight excluding hydrogens is 261 g/mol. The van der Waals surface area contributed by atoms with Crippen LogP contribution in [0.2, 0.25) is 0 Å². The van der Waals surface area contributed by atoms with Gasteiger partial charge >= 0.3 is 0 Å². The molecule has 1 N–H and O–H groups in total. The molecule has 0 heterocycles. The van der Waals surface area contributed by atoms with Gasteiger partial charge in [0, 0.05) is 6.54 Å². The first-order chi connectivity index (χ1) is 10.3. The third-order valence-corrected chi connectivity index (χ3v) is 3.82. The molecule has 0 saturated heterocycles. The Morgan fingerprint density at radius 3 is 2.57 bits per heavy atom. The minimum Gasteiger partial charge on any atom is -0.316 e. The maximum Gasteiger partial charge on any atom is 0.123 e. The van der Waals surface area contributed by atoms with Gasteiger partial charge in [-0.25, -0.2) is 4.39 Å².